The maximum absolute atomic E-state index is 12.8. The Morgan fingerprint density at radius 3 is 2.58 bits per heavy atom. The average molecular weight is 430 g/mol. The molecule has 0 unspecified atom stereocenters. The molecule has 2 aromatic carbocycles. The molecule has 2 aromatic heterocycles. The van der Waals surface area contributed by atoms with E-state index in [4.69, 9.17) is 14.3 Å². The number of hydrogen-bond donors (Lipinski definition) is 1. The molecule has 4 aromatic rings. The molecule has 0 radical (unpaired) electrons. The molecule has 31 heavy (non-hydrogen) atoms. The van der Waals surface area contributed by atoms with E-state index in [0.29, 0.717) is 29.3 Å². The highest BCUT2D eigenvalue weighted by Gasteiger charge is 2.30. The molecule has 2 heterocycles. The summed E-state index contributed by atoms with van der Waals surface area (Å²) in [5, 5.41) is 9.58. The Morgan fingerprint density at radius 1 is 1.16 bits per heavy atom. The number of ether oxygens (including phenoxy) is 1. The third-order valence-electron chi connectivity index (χ3n) is 4.77. The summed E-state index contributed by atoms with van der Waals surface area (Å²) in [6.45, 7) is 1.73. The summed E-state index contributed by atoms with van der Waals surface area (Å²) in [5.41, 5.74) is 1.25. The first-order valence-corrected chi connectivity index (χ1v) is 9.28. The van der Waals surface area contributed by atoms with Gasteiger partial charge in [-0.3, -0.25) is 0 Å². The highest BCUT2D eigenvalue weighted by molar-refractivity contribution is 5.82. The Bertz CT molecular complexity index is 1240. The first-order chi connectivity index (χ1) is 14.7. The van der Waals surface area contributed by atoms with Gasteiger partial charge in [0.25, 0.3) is 0 Å². The van der Waals surface area contributed by atoms with Crippen molar-refractivity contribution in [3.8, 4) is 17.2 Å². The van der Waals surface area contributed by atoms with Gasteiger partial charge >= 0.3 is 12.1 Å². The van der Waals surface area contributed by atoms with Crippen molar-refractivity contribution in [3.05, 3.63) is 71.7 Å². The molecule has 0 aliphatic carbocycles. The van der Waals surface area contributed by atoms with E-state index in [2.05, 4.69) is 4.98 Å². The van der Waals surface area contributed by atoms with E-state index in [0.717, 1.165) is 23.0 Å². The number of aliphatic carboxylic acids is 1. The minimum Gasteiger partial charge on any atom is -0.482 e. The maximum Gasteiger partial charge on any atom is 0.416 e. The zero-order valence-electron chi connectivity index (χ0n) is 16.3. The molecule has 6 nitrogen and oxygen atoms in total. The summed E-state index contributed by atoms with van der Waals surface area (Å²) in [6.07, 6.45) is -2.55. The summed E-state index contributed by atoms with van der Waals surface area (Å²) in [4.78, 5) is 15.0. The van der Waals surface area contributed by atoms with E-state index in [1.54, 1.807) is 19.1 Å². The summed E-state index contributed by atoms with van der Waals surface area (Å²) in [6, 6.07) is 11.8. The number of aryl methyl sites for hydroxylation is 1. The summed E-state index contributed by atoms with van der Waals surface area (Å²) in [5.74, 6) is 0.232. The lowest BCUT2D eigenvalue weighted by molar-refractivity contribution is -0.139. The number of aromatic nitrogens is 2. The molecule has 0 aliphatic rings. The second kappa shape index (κ2) is 7.82. The summed E-state index contributed by atoms with van der Waals surface area (Å²) >= 11 is 0. The van der Waals surface area contributed by atoms with Crippen LogP contribution in [0.5, 0.6) is 5.75 Å². The lowest BCUT2D eigenvalue weighted by Crippen LogP contribution is -2.09. The van der Waals surface area contributed by atoms with Gasteiger partial charge < -0.3 is 18.8 Å². The minimum atomic E-state index is -4.40. The lowest BCUT2D eigenvalue weighted by Gasteiger charge is -2.06. The van der Waals surface area contributed by atoms with Gasteiger partial charge in [-0.1, -0.05) is 0 Å². The molecule has 9 heteroatoms. The minimum absolute atomic E-state index is 0.252. The average Bonchev–Trinajstić information content (AvgIpc) is 3.29. The fourth-order valence-electron chi connectivity index (χ4n) is 3.21. The number of carboxylic acid groups (broad SMARTS) is 1. The van der Waals surface area contributed by atoms with E-state index in [-0.39, 0.29) is 5.89 Å². The topological polar surface area (TPSA) is 77.5 Å². The Hall–Kier alpha value is -3.75. The van der Waals surface area contributed by atoms with E-state index in [1.165, 1.54) is 12.1 Å². The van der Waals surface area contributed by atoms with Crippen LogP contribution in [-0.2, 0) is 17.5 Å². The normalized spacial score (nSPS) is 11.7. The van der Waals surface area contributed by atoms with E-state index in [9.17, 15) is 18.0 Å². The van der Waals surface area contributed by atoms with E-state index >= 15 is 0 Å². The molecule has 0 fully saturated rings. The number of nitrogens with zero attached hydrogens (tertiary/aromatic N) is 2. The SMILES string of the molecule is Cc1nc(-c2ccc(C(F)(F)F)cc2)oc1Cn1ccc2cc(OCC(=O)O)ccc21. The number of benzene rings is 2. The Labute approximate surface area is 174 Å². The van der Waals surface area contributed by atoms with Gasteiger partial charge in [0.15, 0.2) is 6.61 Å². The molecule has 160 valence electrons. The van der Waals surface area contributed by atoms with Crippen LogP contribution in [0.25, 0.3) is 22.4 Å². The highest BCUT2D eigenvalue weighted by Crippen LogP contribution is 2.31. The van der Waals surface area contributed by atoms with E-state index < -0.39 is 24.3 Å². The second-order valence-corrected chi connectivity index (χ2v) is 6.95. The highest BCUT2D eigenvalue weighted by atomic mass is 19.4. The zero-order valence-corrected chi connectivity index (χ0v) is 16.3. The predicted molar refractivity (Wildman–Crippen MR) is 106 cm³/mol. The van der Waals surface area contributed by atoms with Gasteiger partial charge in [-0.15, -0.1) is 0 Å². The molecular formula is C22H17F3N2O4. The van der Waals surface area contributed by atoms with Crippen LogP contribution in [0.15, 0.2) is 59.1 Å². The fraction of sp³-hybridized carbons (Fsp3) is 0.182. The largest absolute Gasteiger partial charge is 0.482 e. The number of hydrogen-bond acceptors (Lipinski definition) is 4. The van der Waals surface area contributed by atoms with Crippen molar-refractivity contribution in [1.82, 2.24) is 9.55 Å². The molecule has 4 rings (SSSR count). The molecule has 0 amide bonds. The van der Waals surface area contributed by atoms with Crippen LogP contribution in [0.4, 0.5) is 13.2 Å². The number of fused-ring (bicyclic) bond motifs is 1. The van der Waals surface area contributed by atoms with Gasteiger partial charge in [-0.25, -0.2) is 9.78 Å². The molecule has 0 saturated carbocycles. The number of rotatable bonds is 6. The molecule has 0 bridgehead atoms. The van der Waals surface area contributed by atoms with Crippen LogP contribution in [-0.4, -0.2) is 27.2 Å². The number of alkyl halides is 3. The van der Waals surface area contributed by atoms with Gasteiger partial charge in [0.1, 0.15) is 11.5 Å². The van der Waals surface area contributed by atoms with Crippen LogP contribution >= 0.6 is 0 Å². The van der Waals surface area contributed by atoms with Gasteiger partial charge in [0.2, 0.25) is 5.89 Å². The predicted octanol–water partition coefficient (Wildman–Crippen LogP) is 5.14. The first-order valence-electron chi connectivity index (χ1n) is 9.28. The number of halogens is 3. The molecule has 0 spiro atoms. The lowest BCUT2D eigenvalue weighted by atomic mass is 10.1. The first kappa shape index (κ1) is 20.5. The van der Waals surface area contributed by atoms with Crippen molar-refractivity contribution in [2.45, 2.75) is 19.6 Å². The third kappa shape index (κ3) is 4.40. The van der Waals surface area contributed by atoms with E-state index in [1.807, 2.05) is 22.9 Å². The van der Waals surface area contributed by atoms with Crippen LogP contribution in [0, 0.1) is 6.92 Å². The molecular weight excluding hydrogens is 413 g/mol. The standard InChI is InChI=1S/C22H17F3N2O4/c1-13-19(31-21(26-13)14-2-4-16(5-3-14)22(23,24)25)11-27-9-8-15-10-17(6-7-18(15)27)30-12-20(28)29/h2-10H,11-12H2,1H3,(H,28,29). The van der Waals surface area contributed by atoms with Gasteiger partial charge in [0, 0.05) is 22.7 Å². The smallest absolute Gasteiger partial charge is 0.416 e. The third-order valence-corrected chi connectivity index (χ3v) is 4.77. The van der Waals surface area contributed by atoms with Gasteiger partial charge in [-0.2, -0.15) is 13.2 Å². The number of carbonyl (C=O) groups is 1. The maximum atomic E-state index is 12.8. The molecule has 1 N–H and O–H groups in total. The Morgan fingerprint density at radius 2 is 1.90 bits per heavy atom. The molecule has 0 aliphatic heterocycles. The van der Waals surface area contributed by atoms with Gasteiger partial charge in [-0.05, 0) is 55.5 Å². The fourth-order valence-corrected chi connectivity index (χ4v) is 3.21. The quantitative estimate of drug-likeness (QED) is 0.459. The second-order valence-electron chi connectivity index (χ2n) is 6.95. The van der Waals surface area contributed by atoms with Gasteiger partial charge in [0.05, 0.1) is 17.8 Å². The van der Waals surface area contributed by atoms with Crippen molar-refractivity contribution in [1.29, 1.82) is 0 Å². The number of oxazole rings is 1. The van der Waals surface area contributed by atoms with Crippen LogP contribution in [0.3, 0.4) is 0 Å². The Balaban J connectivity index is 1.55. The van der Waals surface area contributed by atoms with Crippen molar-refractivity contribution in [3.63, 3.8) is 0 Å². The monoisotopic (exact) mass is 430 g/mol. The Kier molecular flexibility index (Phi) is 5.18. The summed E-state index contributed by atoms with van der Waals surface area (Å²) < 4.78 is 51.2. The summed E-state index contributed by atoms with van der Waals surface area (Å²) in [7, 11) is 0. The van der Waals surface area contributed by atoms with Crippen LogP contribution in [0.1, 0.15) is 17.0 Å². The van der Waals surface area contributed by atoms with Crippen molar-refractivity contribution < 1.29 is 32.2 Å². The van der Waals surface area contributed by atoms with Crippen LogP contribution in [0.2, 0.25) is 0 Å². The number of carboxylic acids is 1. The van der Waals surface area contributed by atoms with Crippen molar-refractivity contribution in [2.75, 3.05) is 6.61 Å². The molecule has 0 atom stereocenters. The van der Waals surface area contributed by atoms with Crippen LogP contribution < -0.4 is 4.74 Å². The van der Waals surface area contributed by atoms with Crippen molar-refractivity contribution in [2.24, 2.45) is 0 Å². The van der Waals surface area contributed by atoms with Crippen molar-refractivity contribution >= 4 is 16.9 Å². The molecule has 0 saturated heterocycles. The zero-order chi connectivity index (χ0) is 22.2.